The average Bonchev–Trinajstić information content (AvgIpc) is 2.29. The summed E-state index contributed by atoms with van der Waals surface area (Å²) >= 11 is 0. The largest absolute Gasteiger partial charge is 0.293 e. The molecule has 0 bridgehead atoms. The van der Waals surface area contributed by atoms with Crippen LogP contribution in [0.2, 0.25) is 0 Å². The maximum Gasteiger partial charge on any atom is 0.172 e. The summed E-state index contributed by atoms with van der Waals surface area (Å²) < 4.78 is 0. The second kappa shape index (κ2) is 3.40. The van der Waals surface area contributed by atoms with Gasteiger partial charge in [-0.3, -0.25) is 9.69 Å². The first-order chi connectivity index (χ1) is 5.88. The summed E-state index contributed by atoms with van der Waals surface area (Å²) in [4.78, 5) is 13.9. The van der Waals surface area contributed by atoms with Crippen molar-refractivity contribution < 1.29 is 4.79 Å². The molecule has 0 amide bonds. The SMILES string of the molecule is O=C1C=CCCN2CCCCC12. The summed E-state index contributed by atoms with van der Waals surface area (Å²) in [6.45, 7) is 2.20. The Balaban J connectivity index is 2.12. The third-order valence-corrected chi connectivity index (χ3v) is 2.81. The number of ketones is 1. The quantitative estimate of drug-likeness (QED) is 0.540. The van der Waals surface area contributed by atoms with Crippen molar-refractivity contribution in [1.82, 2.24) is 4.90 Å². The molecule has 2 nitrogen and oxygen atoms in total. The van der Waals surface area contributed by atoms with Gasteiger partial charge in [0.1, 0.15) is 0 Å². The molecule has 1 saturated heterocycles. The predicted molar refractivity (Wildman–Crippen MR) is 48.0 cm³/mol. The van der Waals surface area contributed by atoms with E-state index < -0.39 is 0 Å². The molecule has 1 fully saturated rings. The van der Waals surface area contributed by atoms with Crippen LogP contribution in [0.4, 0.5) is 0 Å². The van der Waals surface area contributed by atoms with Gasteiger partial charge in [-0.2, -0.15) is 0 Å². The van der Waals surface area contributed by atoms with Gasteiger partial charge >= 0.3 is 0 Å². The number of carbonyl (C=O) groups is 1. The molecule has 0 aliphatic carbocycles. The minimum absolute atomic E-state index is 0.220. The van der Waals surface area contributed by atoms with E-state index in [1.807, 2.05) is 6.08 Å². The van der Waals surface area contributed by atoms with E-state index in [1.54, 1.807) is 6.08 Å². The Hall–Kier alpha value is -0.630. The summed E-state index contributed by atoms with van der Waals surface area (Å²) in [5.74, 6) is 0.326. The van der Waals surface area contributed by atoms with Crippen LogP contribution in [0.1, 0.15) is 25.7 Å². The zero-order chi connectivity index (χ0) is 8.39. The monoisotopic (exact) mass is 165 g/mol. The number of hydrogen-bond acceptors (Lipinski definition) is 2. The third-order valence-electron chi connectivity index (χ3n) is 2.81. The lowest BCUT2D eigenvalue weighted by molar-refractivity contribution is -0.120. The average molecular weight is 165 g/mol. The zero-order valence-electron chi connectivity index (χ0n) is 7.33. The van der Waals surface area contributed by atoms with Crippen molar-refractivity contribution in [1.29, 1.82) is 0 Å². The van der Waals surface area contributed by atoms with Crippen LogP contribution in [0.15, 0.2) is 12.2 Å². The van der Waals surface area contributed by atoms with Gasteiger partial charge in [-0.25, -0.2) is 0 Å². The predicted octanol–water partition coefficient (Wildman–Crippen LogP) is 1.37. The normalized spacial score (nSPS) is 31.3. The van der Waals surface area contributed by atoms with Crippen LogP contribution in [0.5, 0.6) is 0 Å². The Morgan fingerprint density at radius 1 is 1.33 bits per heavy atom. The van der Waals surface area contributed by atoms with Gasteiger partial charge in [0.2, 0.25) is 0 Å². The third kappa shape index (κ3) is 1.44. The molecule has 2 rings (SSSR count). The van der Waals surface area contributed by atoms with Gasteiger partial charge in [-0.05, 0) is 31.9 Å². The molecule has 1 unspecified atom stereocenters. The Labute approximate surface area is 73.2 Å². The number of nitrogens with zero attached hydrogens (tertiary/aromatic N) is 1. The van der Waals surface area contributed by atoms with Crippen molar-refractivity contribution in [2.45, 2.75) is 31.7 Å². The smallest absolute Gasteiger partial charge is 0.172 e. The molecule has 0 saturated carbocycles. The van der Waals surface area contributed by atoms with E-state index in [2.05, 4.69) is 4.90 Å². The van der Waals surface area contributed by atoms with Crippen molar-refractivity contribution in [3.8, 4) is 0 Å². The topological polar surface area (TPSA) is 20.3 Å². The van der Waals surface area contributed by atoms with Gasteiger partial charge in [0.05, 0.1) is 6.04 Å². The lowest BCUT2D eigenvalue weighted by atomic mass is 9.99. The molecule has 0 aromatic rings. The minimum Gasteiger partial charge on any atom is -0.293 e. The molecule has 0 radical (unpaired) electrons. The second-order valence-corrected chi connectivity index (χ2v) is 3.64. The van der Waals surface area contributed by atoms with Crippen molar-refractivity contribution in [3.63, 3.8) is 0 Å². The Kier molecular flexibility index (Phi) is 2.26. The van der Waals surface area contributed by atoms with Crippen molar-refractivity contribution in [2.75, 3.05) is 13.1 Å². The lowest BCUT2D eigenvalue weighted by Crippen LogP contribution is -2.43. The van der Waals surface area contributed by atoms with Crippen LogP contribution in [0.3, 0.4) is 0 Å². The van der Waals surface area contributed by atoms with Crippen LogP contribution in [0.25, 0.3) is 0 Å². The van der Waals surface area contributed by atoms with Gasteiger partial charge in [0.15, 0.2) is 5.78 Å². The van der Waals surface area contributed by atoms with Crippen LogP contribution >= 0.6 is 0 Å². The summed E-state index contributed by atoms with van der Waals surface area (Å²) in [6, 6.07) is 0.220. The van der Waals surface area contributed by atoms with E-state index >= 15 is 0 Å². The molecule has 0 aromatic heterocycles. The first kappa shape index (κ1) is 7.99. The maximum atomic E-state index is 11.5. The van der Waals surface area contributed by atoms with Gasteiger partial charge in [0, 0.05) is 6.54 Å². The molecule has 1 atom stereocenters. The highest BCUT2D eigenvalue weighted by molar-refractivity contribution is 5.94. The van der Waals surface area contributed by atoms with Crippen molar-refractivity contribution in [3.05, 3.63) is 12.2 Å². The number of carbonyl (C=O) groups excluding carboxylic acids is 1. The standard InChI is InChI=1S/C10H15NO/c12-10-6-2-4-8-11-7-3-1-5-9(10)11/h2,6,9H,1,3-5,7-8H2. The summed E-state index contributed by atoms with van der Waals surface area (Å²) in [6.07, 6.45) is 8.40. The molecule has 2 aliphatic rings. The first-order valence-electron chi connectivity index (χ1n) is 4.82. The number of hydrogen-bond donors (Lipinski definition) is 0. The highest BCUT2D eigenvalue weighted by Crippen LogP contribution is 2.20. The number of rotatable bonds is 0. The summed E-state index contributed by atoms with van der Waals surface area (Å²) in [5, 5.41) is 0. The summed E-state index contributed by atoms with van der Waals surface area (Å²) in [5.41, 5.74) is 0. The molecule has 0 spiro atoms. The zero-order valence-corrected chi connectivity index (χ0v) is 7.33. The highest BCUT2D eigenvalue weighted by Gasteiger charge is 2.27. The molecule has 0 aromatic carbocycles. The van der Waals surface area contributed by atoms with E-state index in [0.717, 1.165) is 25.9 Å². The van der Waals surface area contributed by atoms with Crippen molar-refractivity contribution >= 4 is 5.78 Å². The molecule has 2 aliphatic heterocycles. The van der Waals surface area contributed by atoms with Gasteiger partial charge in [-0.15, -0.1) is 0 Å². The van der Waals surface area contributed by atoms with E-state index in [-0.39, 0.29) is 6.04 Å². The Morgan fingerprint density at radius 2 is 2.25 bits per heavy atom. The molecule has 12 heavy (non-hydrogen) atoms. The number of fused-ring (bicyclic) bond motifs is 1. The minimum atomic E-state index is 0.220. The fourth-order valence-electron chi connectivity index (χ4n) is 2.13. The first-order valence-corrected chi connectivity index (χ1v) is 4.82. The summed E-state index contributed by atoms with van der Waals surface area (Å²) in [7, 11) is 0. The van der Waals surface area contributed by atoms with Crippen LogP contribution < -0.4 is 0 Å². The number of piperidine rings is 1. The lowest BCUT2D eigenvalue weighted by Gasteiger charge is -2.32. The molecule has 0 N–H and O–H groups in total. The molecular weight excluding hydrogens is 150 g/mol. The Morgan fingerprint density at radius 3 is 3.17 bits per heavy atom. The van der Waals surface area contributed by atoms with Crippen LogP contribution in [-0.4, -0.2) is 29.8 Å². The molecule has 2 heteroatoms. The van der Waals surface area contributed by atoms with Crippen molar-refractivity contribution in [2.24, 2.45) is 0 Å². The van der Waals surface area contributed by atoms with E-state index in [0.29, 0.717) is 5.78 Å². The van der Waals surface area contributed by atoms with E-state index in [4.69, 9.17) is 0 Å². The molecule has 2 heterocycles. The second-order valence-electron chi connectivity index (χ2n) is 3.64. The van der Waals surface area contributed by atoms with Gasteiger partial charge < -0.3 is 0 Å². The highest BCUT2D eigenvalue weighted by atomic mass is 16.1. The van der Waals surface area contributed by atoms with Gasteiger partial charge in [-0.1, -0.05) is 12.5 Å². The maximum absolute atomic E-state index is 11.5. The molecular formula is C10H15NO. The van der Waals surface area contributed by atoms with Crippen LogP contribution in [-0.2, 0) is 4.79 Å². The fourth-order valence-corrected chi connectivity index (χ4v) is 2.13. The Bertz CT molecular complexity index is 210. The van der Waals surface area contributed by atoms with Crippen LogP contribution in [0, 0.1) is 0 Å². The fraction of sp³-hybridized carbons (Fsp3) is 0.700. The van der Waals surface area contributed by atoms with E-state index in [9.17, 15) is 4.79 Å². The van der Waals surface area contributed by atoms with E-state index in [1.165, 1.54) is 12.8 Å². The van der Waals surface area contributed by atoms with Gasteiger partial charge in [0.25, 0.3) is 0 Å². The molecule has 66 valence electrons.